The van der Waals surface area contributed by atoms with Gasteiger partial charge in [0, 0.05) is 38.9 Å². The van der Waals surface area contributed by atoms with Gasteiger partial charge in [0.2, 0.25) is 5.92 Å². The molecule has 2 aromatic rings. The maximum absolute atomic E-state index is 14.0. The van der Waals surface area contributed by atoms with E-state index in [1.54, 1.807) is 12.1 Å². The summed E-state index contributed by atoms with van der Waals surface area (Å²) in [4.78, 5) is 4.85. The Morgan fingerprint density at radius 1 is 1.31 bits per heavy atom. The second kappa shape index (κ2) is 10.8. The van der Waals surface area contributed by atoms with Crippen LogP contribution in [-0.2, 0) is 22.8 Å². The average Bonchev–Trinajstić information content (AvgIpc) is 3.11. The number of ether oxygens (including phenoxy) is 1. The quantitative estimate of drug-likeness (QED) is 0.242. The molecule has 0 bridgehead atoms. The number of rotatable bonds is 9. The van der Waals surface area contributed by atoms with E-state index in [4.69, 9.17) is 9.72 Å². The molecule has 1 unspecified atom stereocenters. The van der Waals surface area contributed by atoms with E-state index < -0.39 is 36.1 Å². The van der Waals surface area contributed by atoms with Crippen molar-refractivity contribution in [2.45, 2.75) is 95.6 Å². The molecular formula is C25H38F2N4O2SSi. The first-order valence-corrected chi connectivity index (χ1v) is 17.1. The summed E-state index contributed by atoms with van der Waals surface area (Å²) in [5, 5.41) is 9.36. The van der Waals surface area contributed by atoms with E-state index in [-0.39, 0.29) is 25.5 Å². The van der Waals surface area contributed by atoms with Crippen molar-refractivity contribution < 1.29 is 18.1 Å². The Morgan fingerprint density at radius 3 is 2.54 bits per heavy atom. The Hall–Kier alpha value is -1.51. The first kappa shape index (κ1) is 28.1. The van der Waals surface area contributed by atoms with Crippen LogP contribution in [0.3, 0.4) is 0 Å². The number of benzene rings is 1. The number of nitriles is 1. The Labute approximate surface area is 211 Å². The molecule has 194 valence electrons. The number of fused-ring (bicyclic) bond motifs is 1. The van der Waals surface area contributed by atoms with E-state index in [1.165, 1.54) is 0 Å². The van der Waals surface area contributed by atoms with Gasteiger partial charge in [0.15, 0.2) is 0 Å². The smallest absolute Gasteiger partial charge is 0.248 e. The van der Waals surface area contributed by atoms with Crippen LogP contribution in [0.1, 0.15) is 63.9 Å². The lowest BCUT2D eigenvalue weighted by atomic mass is 9.82. The molecule has 1 aromatic carbocycles. The number of hydrogen-bond donors (Lipinski definition) is 1. The summed E-state index contributed by atoms with van der Waals surface area (Å²) in [6.07, 6.45) is 0.247. The zero-order valence-corrected chi connectivity index (χ0v) is 23.5. The molecular weight excluding hydrogens is 486 g/mol. The van der Waals surface area contributed by atoms with Gasteiger partial charge in [-0.1, -0.05) is 19.6 Å². The molecule has 1 fully saturated rings. The van der Waals surface area contributed by atoms with Crippen molar-refractivity contribution in [3.63, 3.8) is 0 Å². The van der Waals surface area contributed by atoms with Gasteiger partial charge in [-0.05, 0) is 63.8 Å². The highest BCUT2D eigenvalue weighted by Crippen LogP contribution is 2.42. The fourth-order valence-electron chi connectivity index (χ4n) is 4.17. The molecule has 1 N–H and O–H groups in total. The van der Waals surface area contributed by atoms with Gasteiger partial charge in [0.05, 0.1) is 22.7 Å². The molecule has 0 radical (unpaired) electrons. The van der Waals surface area contributed by atoms with Gasteiger partial charge in [-0.3, -0.25) is 0 Å². The minimum atomic E-state index is -2.66. The number of hydrogen-bond acceptors (Lipinski definition) is 5. The fourth-order valence-corrected chi connectivity index (χ4v) is 5.81. The molecule has 1 aromatic heterocycles. The van der Waals surface area contributed by atoms with Crippen LogP contribution in [0.15, 0.2) is 18.2 Å². The number of halogens is 2. The first-order valence-electron chi connectivity index (χ1n) is 12.2. The second-order valence-corrected chi connectivity index (χ2v) is 19.4. The van der Waals surface area contributed by atoms with Gasteiger partial charge in [-0.25, -0.2) is 13.8 Å². The molecule has 0 aliphatic heterocycles. The Kier molecular flexibility index (Phi) is 8.70. The highest BCUT2D eigenvalue weighted by atomic mass is 32.2. The predicted molar refractivity (Wildman–Crippen MR) is 139 cm³/mol. The van der Waals surface area contributed by atoms with Crippen LogP contribution in [0.5, 0.6) is 0 Å². The van der Waals surface area contributed by atoms with Crippen LogP contribution in [0.25, 0.3) is 11.0 Å². The highest BCUT2D eigenvalue weighted by Gasteiger charge is 2.42. The molecule has 0 spiro atoms. The minimum Gasteiger partial charge on any atom is -0.598 e. The summed E-state index contributed by atoms with van der Waals surface area (Å²) in [5.41, 5.74) is 1.94. The zero-order valence-electron chi connectivity index (χ0n) is 21.7. The molecule has 6 nitrogen and oxygen atoms in total. The maximum Gasteiger partial charge on any atom is 0.248 e. The molecule has 2 atom stereocenters. The Morgan fingerprint density at radius 2 is 1.97 bits per heavy atom. The molecule has 35 heavy (non-hydrogen) atoms. The highest BCUT2D eigenvalue weighted by molar-refractivity contribution is 7.90. The normalized spacial score (nSPS) is 19.0. The van der Waals surface area contributed by atoms with E-state index >= 15 is 0 Å². The number of alkyl halides is 2. The molecule has 1 aliphatic rings. The lowest BCUT2D eigenvalue weighted by Gasteiger charge is -2.35. The van der Waals surface area contributed by atoms with Crippen molar-refractivity contribution in [2.24, 2.45) is 5.92 Å². The monoisotopic (exact) mass is 524 g/mol. The first-order chi connectivity index (χ1) is 16.2. The topological polar surface area (TPSA) is 85.9 Å². The Balaban J connectivity index is 2.01. The zero-order chi connectivity index (χ0) is 26.0. The van der Waals surface area contributed by atoms with Crippen LogP contribution >= 0.6 is 0 Å². The standard InChI is InChI=1S/C25H38F2N4O2SSi/c1-24(2,3)34(32)30-22(19-9-11-25(26,27)12-10-19)23-29-20-15-18(16-28)7-8-21(20)31(23)17-33-13-14-35(4,5)6/h7-8,15,19,22,30H,9-14,17H2,1-6H3/t22?,34-/m1/s1. The summed E-state index contributed by atoms with van der Waals surface area (Å²) in [7, 11) is -1.27. The van der Waals surface area contributed by atoms with E-state index in [0.717, 1.165) is 11.6 Å². The molecule has 10 heteroatoms. The van der Waals surface area contributed by atoms with E-state index in [9.17, 15) is 18.6 Å². The summed E-state index contributed by atoms with van der Waals surface area (Å²) in [6, 6.07) is 7.99. The van der Waals surface area contributed by atoms with Crippen molar-refractivity contribution >= 4 is 30.5 Å². The molecule has 3 rings (SSSR count). The third-order valence-corrected chi connectivity index (χ3v) is 9.71. The van der Waals surface area contributed by atoms with Crippen molar-refractivity contribution in [1.29, 1.82) is 5.26 Å². The van der Waals surface area contributed by atoms with Crippen LogP contribution in [0.4, 0.5) is 8.78 Å². The van der Waals surface area contributed by atoms with Gasteiger partial charge in [-0.2, -0.15) is 5.26 Å². The van der Waals surface area contributed by atoms with Crippen molar-refractivity contribution in [3.8, 4) is 6.07 Å². The summed E-state index contributed by atoms with van der Waals surface area (Å²) in [6.45, 7) is 13.4. The summed E-state index contributed by atoms with van der Waals surface area (Å²) in [5.74, 6) is -2.18. The third-order valence-electron chi connectivity index (χ3n) is 6.43. The number of aromatic nitrogens is 2. The van der Waals surface area contributed by atoms with Crippen molar-refractivity contribution in [3.05, 3.63) is 29.6 Å². The van der Waals surface area contributed by atoms with Crippen LogP contribution in [0.2, 0.25) is 25.7 Å². The van der Waals surface area contributed by atoms with E-state index in [2.05, 4.69) is 30.4 Å². The lowest BCUT2D eigenvalue weighted by molar-refractivity contribution is -0.0495. The molecule has 1 saturated carbocycles. The SMILES string of the molecule is CC(C)(C)[S@@+]([O-])NC(c1nc2cc(C#N)ccc2n1COCC[Si](C)(C)C)C1CCC(F)(F)CC1. The van der Waals surface area contributed by atoms with Crippen LogP contribution < -0.4 is 4.72 Å². The summed E-state index contributed by atoms with van der Waals surface area (Å²) < 4.78 is 51.9. The van der Waals surface area contributed by atoms with Gasteiger partial charge in [0.1, 0.15) is 23.3 Å². The average molecular weight is 525 g/mol. The number of nitrogens with zero attached hydrogens (tertiary/aromatic N) is 3. The van der Waals surface area contributed by atoms with Gasteiger partial charge in [-0.15, -0.1) is 4.72 Å². The number of imidazole rings is 1. The van der Waals surface area contributed by atoms with Crippen LogP contribution in [-0.4, -0.2) is 39.5 Å². The van der Waals surface area contributed by atoms with Crippen molar-refractivity contribution in [1.82, 2.24) is 14.3 Å². The molecule has 1 aliphatic carbocycles. The van der Waals surface area contributed by atoms with Crippen LogP contribution in [0, 0.1) is 17.2 Å². The molecule has 0 amide bonds. The summed E-state index contributed by atoms with van der Waals surface area (Å²) >= 11 is -1.42. The third kappa shape index (κ3) is 7.49. The lowest BCUT2D eigenvalue weighted by Crippen LogP contribution is -2.45. The second-order valence-electron chi connectivity index (χ2n) is 11.7. The Bertz CT molecular complexity index is 1050. The van der Waals surface area contributed by atoms with Gasteiger partial charge >= 0.3 is 0 Å². The molecule has 0 saturated heterocycles. The van der Waals surface area contributed by atoms with Crippen molar-refractivity contribution in [2.75, 3.05) is 6.61 Å². The minimum absolute atomic E-state index is 0.145. The molecule has 1 heterocycles. The number of nitrogens with one attached hydrogen (secondary N) is 1. The van der Waals surface area contributed by atoms with Gasteiger partial charge < -0.3 is 13.9 Å². The largest absolute Gasteiger partial charge is 0.598 e. The van der Waals surface area contributed by atoms with E-state index in [1.807, 2.05) is 31.4 Å². The fraction of sp³-hybridized carbons (Fsp3) is 0.680. The predicted octanol–water partition coefficient (Wildman–Crippen LogP) is 6.14. The van der Waals surface area contributed by atoms with Gasteiger partial charge in [0.25, 0.3) is 0 Å². The van der Waals surface area contributed by atoms with E-state index in [0.29, 0.717) is 36.4 Å². The maximum atomic E-state index is 14.0.